The first kappa shape index (κ1) is 17.6. The van der Waals surface area contributed by atoms with Crippen LogP contribution >= 0.6 is 0 Å². The molecule has 0 bridgehead atoms. The molecule has 1 saturated heterocycles. The number of hydrogen-bond donors (Lipinski definition) is 2. The molecule has 1 amide bonds. The van der Waals surface area contributed by atoms with E-state index < -0.39 is 15.9 Å². The highest BCUT2D eigenvalue weighted by atomic mass is 32.2. The minimum atomic E-state index is -2.98. The van der Waals surface area contributed by atoms with Crippen molar-refractivity contribution >= 4 is 21.4 Å². The van der Waals surface area contributed by atoms with E-state index >= 15 is 0 Å². The van der Waals surface area contributed by atoms with Gasteiger partial charge in [0.05, 0.1) is 5.75 Å². The van der Waals surface area contributed by atoms with Gasteiger partial charge >= 0.3 is 0 Å². The lowest BCUT2D eigenvalue weighted by molar-refractivity contribution is -0.710. The van der Waals surface area contributed by atoms with Gasteiger partial charge in [-0.15, -0.1) is 0 Å². The van der Waals surface area contributed by atoms with E-state index in [1.165, 1.54) is 0 Å². The van der Waals surface area contributed by atoms with Gasteiger partial charge in [-0.2, -0.15) is 0 Å². The van der Waals surface area contributed by atoms with Gasteiger partial charge in [-0.05, 0) is 19.1 Å². The fourth-order valence-electron chi connectivity index (χ4n) is 3.11. The fraction of sp³-hybridized carbons (Fsp3) is 0.316. The molecule has 1 heterocycles. The van der Waals surface area contributed by atoms with Gasteiger partial charge in [-0.1, -0.05) is 48.0 Å². The molecule has 6 heteroatoms. The van der Waals surface area contributed by atoms with Crippen LogP contribution in [0.2, 0.25) is 0 Å². The normalized spacial score (nSPS) is 20.1. The molecule has 2 atom stereocenters. The number of nitrogens with two attached hydrogens (primary N) is 1. The molecule has 0 aliphatic carbocycles. The van der Waals surface area contributed by atoms with Crippen molar-refractivity contribution in [2.24, 2.45) is 0 Å². The van der Waals surface area contributed by atoms with Crippen molar-refractivity contribution in [2.75, 3.05) is 16.8 Å². The summed E-state index contributed by atoms with van der Waals surface area (Å²) in [6, 6.07) is 16.6. The summed E-state index contributed by atoms with van der Waals surface area (Å²) in [6.45, 7) is 1.99. The van der Waals surface area contributed by atoms with Crippen LogP contribution in [0.25, 0.3) is 0 Å². The van der Waals surface area contributed by atoms with Crippen LogP contribution in [0.4, 0.5) is 5.69 Å². The molecule has 2 aromatic carbocycles. The smallest absolute Gasteiger partial charge is 0.287 e. The zero-order valence-electron chi connectivity index (χ0n) is 14.2. The second-order valence-corrected chi connectivity index (χ2v) is 8.83. The molecule has 2 aromatic rings. The van der Waals surface area contributed by atoms with Crippen LogP contribution in [0.1, 0.15) is 23.6 Å². The number of anilines is 1. The monoisotopic (exact) mass is 359 g/mol. The van der Waals surface area contributed by atoms with Crippen LogP contribution in [0, 0.1) is 6.92 Å². The molecule has 132 valence electrons. The summed E-state index contributed by atoms with van der Waals surface area (Å²) in [7, 11) is -2.98. The van der Waals surface area contributed by atoms with Crippen molar-refractivity contribution in [3.63, 3.8) is 0 Å². The Balaban J connectivity index is 1.78. The summed E-state index contributed by atoms with van der Waals surface area (Å²) in [5.74, 6) is 0.197. The first-order valence-corrected chi connectivity index (χ1v) is 10.2. The summed E-state index contributed by atoms with van der Waals surface area (Å²) in [5.41, 5.74) is 2.74. The summed E-state index contributed by atoms with van der Waals surface area (Å²) in [6.07, 6.45) is 0.587. The summed E-state index contributed by atoms with van der Waals surface area (Å²) >= 11 is 0. The number of quaternary nitrogens is 1. The Bertz CT molecular complexity index is 833. The maximum atomic E-state index is 12.9. The molecular formula is C19H23N2O3S+. The molecule has 0 unspecified atom stereocenters. The predicted molar refractivity (Wildman–Crippen MR) is 98.0 cm³/mol. The lowest BCUT2D eigenvalue weighted by atomic mass is 10.0. The molecule has 0 saturated carbocycles. The number of rotatable bonds is 5. The summed E-state index contributed by atoms with van der Waals surface area (Å²) < 4.78 is 23.5. The van der Waals surface area contributed by atoms with E-state index in [-0.39, 0.29) is 23.5 Å². The van der Waals surface area contributed by atoms with Crippen LogP contribution < -0.4 is 10.6 Å². The molecule has 0 aromatic heterocycles. The number of carbonyl (C=O) groups excluding carboxylic acids is 1. The highest BCUT2D eigenvalue weighted by Gasteiger charge is 2.35. The zero-order valence-corrected chi connectivity index (χ0v) is 15.0. The van der Waals surface area contributed by atoms with Crippen LogP contribution in [-0.4, -0.2) is 31.9 Å². The Morgan fingerprint density at radius 1 is 1.12 bits per heavy atom. The van der Waals surface area contributed by atoms with E-state index in [9.17, 15) is 13.2 Å². The van der Waals surface area contributed by atoms with E-state index in [0.717, 1.165) is 16.8 Å². The summed E-state index contributed by atoms with van der Waals surface area (Å²) in [5, 5.41) is 4.84. The molecule has 3 N–H and O–H groups in total. The van der Waals surface area contributed by atoms with E-state index in [2.05, 4.69) is 5.32 Å². The molecule has 3 rings (SSSR count). The van der Waals surface area contributed by atoms with Crippen molar-refractivity contribution in [1.29, 1.82) is 0 Å². The highest BCUT2D eigenvalue weighted by Crippen LogP contribution is 2.16. The molecule has 1 aliphatic rings. The Kier molecular flexibility index (Phi) is 5.20. The van der Waals surface area contributed by atoms with Crippen LogP contribution in [0.5, 0.6) is 0 Å². The van der Waals surface area contributed by atoms with Crippen molar-refractivity contribution in [3.8, 4) is 0 Å². The third-order valence-electron chi connectivity index (χ3n) is 4.49. The number of aryl methyl sites for hydroxylation is 1. The van der Waals surface area contributed by atoms with E-state index in [0.29, 0.717) is 6.42 Å². The number of amides is 1. The fourth-order valence-corrected chi connectivity index (χ4v) is 4.87. The minimum Gasteiger partial charge on any atom is -0.329 e. The largest absolute Gasteiger partial charge is 0.329 e. The van der Waals surface area contributed by atoms with Crippen molar-refractivity contribution < 1.29 is 18.5 Å². The molecule has 25 heavy (non-hydrogen) atoms. The van der Waals surface area contributed by atoms with Crippen LogP contribution in [0.15, 0.2) is 54.6 Å². The van der Waals surface area contributed by atoms with Gasteiger partial charge in [-0.3, -0.25) is 4.79 Å². The maximum Gasteiger partial charge on any atom is 0.287 e. The average Bonchev–Trinajstić information content (AvgIpc) is 2.94. The second-order valence-electron chi connectivity index (χ2n) is 6.60. The zero-order chi connectivity index (χ0) is 17.9. The van der Waals surface area contributed by atoms with Gasteiger partial charge in [-0.25, -0.2) is 8.42 Å². The Labute approximate surface area is 148 Å². The maximum absolute atomic E-state index is 12.9. The predicted octanol–water partition coefficient (Wildman–Crippen LogP) is 1.43. The first-order valence-electron chi connectivity index (χ1n) is 8.41. The van der Waals surface area contributed by atoms with Crippen LogP contribution in [-0.2, 0) is 14.6 Å². The van der Waals surface area contributed by atoms with Gasteiger partial charge in [0, 0.05) is 17.7 Å². The Hall–Kier alpha value is -2.18. The molecular weight excluding hydrogens is 336 g/mol. The van der Waals surface area contributed by atoms with Gasteiger partial charge in [0.1, 0.15) is 11.8 Å². The summed E-state index contributed by atoms with van der Waals surface area (Å²) in [4.78, 5) is 12.9. The highest BCUT2D eigenvalue weighted by molar-refractivity contribution is 7.91. The Morgan fingerprint density at radius 3 is 2.40 bits per heavy atom. The average molecular weight is 359 g/mol. The number of hydrogen-bond acceptors (Lipinski definition) is 3. The number of benzene rings is 2. The quantitative estimate of drug-likeness (QED) is 0.847. The SMILES string of the molecule is Cc1ccc(NC(=O)[C@H]([NH2+][C@H]2CCS(=O)(=O)C2)c2ccccc2)cc1. The van der Waals surface area contributed by atoms with Crippen LogP contribution in [0.3, 0.4) is 0 Å². The third kappa shape index (κ3) is 4.67. The molecule has 5 nitrogen and oxygen atoms in total. The third-order valence-corrected chi connectivity index (χ3v) is 6.29. The van der Waals surface area contributed by atoms with Gasteiger partial charge in [0.2, 0.25) is 0 Å². The molecule has 1 aliphatic heterocycles. The minimum absolute atomic E-state index is 0.0843. The standard InChI is InChI=1S/C19H22N2O3S/c1-14-7-9-16(10-8-14)21-19(22)18(15-5-3-2-4-6-15)20-17-11-12-25(23,24)13-17/h2-10,17-18,20H,11-13H2,1H3,(H,21,22)/p+1/t17-,18+/m0/s1. The van der Waals surface area contributed by atoms with E-state index in [1.54, 1.807) is 0 Å². The van der Waals surface area contributed by atoms with Crippen molar-refractivity contribution in [3.05, 3.63) is 65.7 Å². The number of carbonyl (C=O) groups is 1. The van der Waals surface area contributed by atoms with Crippen molar-refractivity contribution in [2.45, 2.75) is 25.4 Å². The number of nitrogens with one attached hydrogen (secondary N) is 1. The van der Waals surface area contributed by atoms with Crippen molar-refractivity contribution in [1.82, 2.24) is 0 Å². The Morgan fingerprint density at radius 2 is 1.80 bits per heavy atom. The lowest BCUT2D eigenvalue weighted by Crippen LogP contribution is -2.93. The molecule has 1 fully saturated rings. The molecule has 0 radical (unpaired) electrons. The first-order chi connectivity index (χ1) is 11.9. The van der Waals surface area contributed by atoms with Gasteiger partial charge in [0.25, 0.3) is 5.91 Å². The van der Waals surface area contributed by atoms with E-state index in [4.69, 9.17) is 0 Å². The number of sulfone groups is 1. The molecule has 0 spiro atoms. The second kappa shape index (κ2) is 7.37. The lowest BCUT2D eigenvalue weighted by Gasteiger charge is -2.19. The van der Waals surface area contributed by atoms with E-state index in [1.807, 2.05) is 66.8 Å². The van der Waals surface area contributed by atoms with Gasteiger partial charge in [0.15, 0.2) is 15.9 Å². The van der Waals surface area contributed by atoms with Gasteiger partial charge < -0.3 is 10.6 Å². The topological polar surface area (TPSA) is 79.8 Å².